The predicted octanol–water partition coefficient (Wildman–Crippen LogP) is 3.43. The van der Waals surface area contributed by atoms with E-state index in [1.807, 2.05) is 32.9 Å². The summed E-state index contributed by atoms with van der Waals surface area (Å²) >= 11 is 0. The van der Waals surface area contributed by atoms with Crippen LogP contribution < -0.4 is 10.1 Å². The van der Waals surface area contributed by atoms with Crippen LogP contribution in [0, 0.1) is 0 Å². The molecule has 0 saturated carbocycles. The van der Waals surface area contributed by atoms with E-state index in [2.05, 4.69) is 5.32 Å². The second kappa shape index (κ2) is 6.78. The van der Waals surface area contributed by atoms with Crippen molar-refractivity contribution in [3.63, 3.8) is 0 Å². The maximum absolute atomic E-state index is 11.4. The molecule has 1 N–H and O–H groups in total. The van der Waals surface area contributed by atoms with Crippen LogP contribution in [0.5, 0.6) is 5.75 Å². The fourth-order valence-corrected chi connectivity index (χ4v) is 1.21. The average molecular weight is 237 g/mol. The fraction of sp³-hybridized carbons (Fsp3) is 0.462. The van der Waals surface area contributed by atoms with Crippen molar-refractivity contribution in [2.45, 2.75) is 33.3 Å². The molecule has 4 heteroatoms. The highest BCUT2D eigenvalue weighted by Gasteiger charge is 2.07. The van der Waals surface area contributed by atoms with Gasteiger partial charge < -0.3 is 9.47 Å². The Morgan fingerprint density at radius 3 is 2.47 bits per heavy atom. The lowest BCUT2D eigenvalue weighted by molar-refractivity contribution is 0.118. The number of amides is 1. The van der Waals surface area contributed by atoms with Gasteiger partial charge in [0.2, 0.25) is 0 Å². The topological polar surface area (TPSA) is 47.6 Å². The second-order valence-corrected chi connectivity index (χ2v) is 3.71. The van der Waals surface area contributed by atoms with E-state index < -0.39 is 6.09 Å². The molecule has 0 heterocycles. The molecule has 4 nitrogen and oxygen atoms in total. The molecule has 94 valence electrons. The normalized spacial score (nSPS) is 11.7. The molecule has 0 aliphatic heterocycles. The average Bonchev–Trinajstić information content (AvgIpc) is 2.31. The number of ether oxygens (including phenoxy) is 2. The van der Waals surface area contributed by atoms with Gasteiger partial charge in [-0.3, -0.25) is 5.32 Å². The molecule has 1 atom stereocenters. The summed E-state index contributed by atoms with van der Waals surface area (Å²) in [5, 5.41) is 2.66. The zero-order valence-corrected chi connectivity index (χ0v) is 10.5. The van der Waals surface area contributed by atoms with Crippen molar-refractivity contribution in [3.8, 4) is 5.75 Å². The van der Waals surface area contributed by atoms with Gasteiger partial charge in [0, 0.05) is 5.69 Å². The summed E-state index contributed by atoms with van der Waals surface area (Å²) in [4.78, 5) is 11.4. The molecule has 1 amide bonds. The third-order valence-electron chi connectivity index (χ3n) is 2.29. The van der Waals surface area contributed by atoms with Gasteiger partial charge in [-0.15, -0.1) is 0 Å². The number of carbonyl (C=O) groups excluding carboxylic acids is 1. The van der Waals surface area contributed by atoms with E-state index in [0.717, 1.165) is 12.2 Å². The number of rotatable bonds is 5. The molecule has 0 radical (unpaired) electrons. The number of benzene rings is 1. The van der Waals surface area contributed by atoms with Crippen LogP contribution in [0.15, 0.2) is 24.3 Å². The van der Waals surface area contributed by atoms with Crippen molar-refractivity contribution in [2.75, 3.05) is 11.9 Å². The molecule has 0 bridgehead atoms. The van der Waals surface area contributed by atoms with Gasteiger partial charge in [-0.2, -0.15) is 0 Å². The van der Waals surface area contributed by atoms with Crippen LogP contribution in [0.1, 0.15) is 27.2 Å². The zero-order chi connectivity index (χ0) is 12.7. The van der Waals surface area contributed by atoms with Crippen LogP contribution in [-0.4, -0.2) is 18.8 Å². The Kier molecular flexibility index (Phi) is 5.33. The van der Waals surface area contributed by atoms with Gasteiger partial charge in [0.25, 0.3) is 0 Å². The molecule has 0 aliphatic carbocycles. The summed E-state index contributed by atoms with van der Waals surface area (Å²) in [6.07, 6.45) is 0.303. The first kappa shape index (κ1) is 13.4. The molecular formula is C13H19NO3. The molecule has 0 unspecified atom stereocenters. The highest BCUT2D eigenvalue weighted by atomic mass is 16.6. The summed E-state index contributed by atoms with van der Waals surface area (Å²) in [6.45, 7) is 6.38. The molecule has 1 aromatic rings. The van der Waals surface area contributed by atoms with Crippen LogP contribution in [0.2, 0.25) is 0 Å². The Hall–Kier alpha value is -1.71. The second-order valence-electron chi connectivity index (χ2n) is 3.71. The van der Waals surface area contributed by atoms with Crippen molar-refractivity contribution in [2.24, 2.45) is 0 Å². The highest BCUT2D eigenvalue weighted by Crippen LogP contribution is 2.15. The van der Waals surface area contributed by atoms with Gasteiger partial charge >= 0.3 is 6.09 Å². The lowest BCUT2D eigenvalue weighted by Gasteiger charge is -2.12. The Bertz CT molecular complexity index is 348. The highest BCUT2D eigenvalue weighted by molar-refractivity contribution is 5.84. The van der Waals surface area contributed by atoms with Crippen LogP contribution in [-0.2, 0) is 4.74 Å². The fourth-order valence-electron chi connectivity index (χ4n) is 1.21. The van der Waals surface area contributed by atoms with Crippen molar-refractivity contribution in [1.82, 2.24) is 0 Å². The van der Waals surface area contributed by atoms with E-state index in [0.29, 0.717) is 12.3 Å². The van der Waals surface area contributed by atoms with Crippen molar-refractivity contribution >= 4 is 11.8 Å². The van der Waals surface area contributed by atoms with Gasteiger partial charge in [0.1, 0.15) is 11.9 Å². The molecule has 0 fully saturated rings. The summed E-state index contributed by atoms with van der Waals surface area (Å²) in [5.41, 5.74) is 0.696. The van der Waals surface area contributed by atoms with Gasteiger partial charge in [0.15, 0.2) is 0 Å². The van der Waals surface area contributed by atoms with Gasteiger partial charge in [-0.1, -0.05) is 6.92 Å². The molecule has 0 aromatic heterocycles. The first-order chi connectivity index (χ1) is 8.15. The van der Waals surface area contributed by atoms with E-state index in [-0.39, 0.29) is 6.10 Å². The van der Waals surface area contributed by atoms with E-state index in [1.165, 1.54) is 0 Å². The van der Waals surface area contributed by atoms with Crippen LogP contribution in [0.25, 0.3) is 0 Å². The maximum atomic E-state index is 11.4. The molecule has 17 heavy (non-hydrogen) atoms. The zero-order valence-electron chi connectivity index (χ0n) is 10.5. The number of anilines is 1. The first-order valence-electron chi connectivity index (χ1n) is 5.86. The largest absolute Gasteiger partial charge is 0.494 e. The SMILES string of the molecule is CCOc1ccc(NC(=O)O[C@@H](C)CC)cc1. The van der Waals surface area contributed by atoms with Crippen molar-refractivity contribution < 1.29 is 14.3 Å². The van der Waals surface area contributed by atoms with Gasteiger partial charge in [0.05, 0.1) is 6.61 Å². The Morgan fingerprint density at radius 1 is 1.29 bits per heavy atom. The van der Waals surface area contributed by atoms with E-state index in [9.17, 15) is 4.79 Å². The molecule has 0 saturated heterocycles. The molecular weight excluding hydrogens is 218 g/mol. The Labute approximate surface area is 102 Å². The first-order valence-corrected chi connectivity index (χ1v) is 5.86. The summed E-state index contributed by atoms with van der Waals surface area (Å²) in [5.74, 6) is 0.786. The molecule has 1 rings (SSSR count). The van der Waals surface area contributed by atoms with Crippen molar-refractivity contribution in [1.29, 1.82) is 0 Å². The van der Waals surface area contributed by atoms with Gasteiger partial charge in [-0.05, 0) is 44.5 Å². The van der Waals surface area contributed by atoms with Crippen LogP contribution in [0.4, 0.5) is 10.5 Å². The minimum atomic E-state index is -0.427. The minimum Gasteiger partial charge on any atom is -0.494 e. The van der Waals surface area contributed by atoms with E-state index in [4.69, 9.17) is 9.47 Å². The molecule has 1 aromatic carbocycles. The minimum absolute atomic E-state index is 0.0716. The summed E-state index contributed by atoms with van der Waals surface area (Å²) in [6, 6.07) is 7.18. The van der Waals surface area contributed by atoms with E-state index >= 15 is 0 Å². The third kappa shape index (κ3) is 4.76. The summed E-state index contributed by atoms with van der Waals surface area (Å²) < 4.78 is 10.4. The lowest BCUT2D eigenvalue weighted by atomic mass is 10.3. The molecule has 0 aliphatic rings. The van der Waals surface area contributed by atoms with E-state index in [1.54, 1.807) is 12.1 Å². The number of carbonyl (C=O) groups is 1. The third-order valence-corrected chi connectivity index (χ3v) is 2.29. The molecule has 0 spiro atoms. The lowest BCUT2D eigenvalue weighted by Crippen LogP contribution is -2.19. The maximum Gasteiger partial charge on any atom is 0.411 e. The number of hydrogen-bond acceptors (Lipinski definition) is 3. The summed E-state index contributed by atoms with van der Waals surface area (Å²) in [7, 11) is 0. The standard InChI is InChI=1S/C13H19NO3/c1-4-10(3)17-13(15)14-11-6-8-12(9-7-11)16-5-2/h6-10H,4-5H2,1-3H3,(H,14,15)/t10-/m0/s1. The van der Waals surface area contributed by atoms with Crippen LogP contribution >= 0.6 is 0 Å². The smallest absolute Gasteiger partial charge is 0.411 e. The predicted molar refractivity (Wildman–Crippen MR) is 67.5 cm³/mol. The quantitative estimate of drug-likeness (QED) is 0.853. The monoisotopic (exact) mass is 237 g/mol. The Morgan fingerprint density at radius 2 is 1.94 bits per heavy atom. The van der Waals surface area contributed by atoms with Gasteiger partial charge in [-0.25, -0.2) is 4.79 Å². The van der Waals surface area contributed by atoms with Crippen LogP contribution in [0.3, 0.4) is 0 Å². The number of nitrogens with one attached hydrogen (secondary N) is 1. The number of hydrogen-bond donors (Lipinski definition) is 1. The van der Waals surface area contributed by atoms with Crippen molar-refractivity contribution in [3.05, 3.63) is 24.3 Å². The Balaban J connectivity index is 2.48.